The molecule has 2 unspecified atom stereocenters. The fourth-order valence-corrected chi connectivity index (χ4v) is 6.35. The third-order valence-corrected chi connectivity index (χ3v) is 8.32. The average Bonchev–Trinajstić information content (AvgIpc) is 3.23. The smallest absolute Gasteiger partial charge is 0.322 e. The Labute approximate surface area is 214 Å². The fraction of sp³-hybridized carbons (Fsp3) is 0.481. The van der Waals surface area contributed by atoms with Crippen LogP contribution in [-0.2, 0) is 21.2 Å². The molecule has 0 spiro atoms. The summed E-state index contributed by atoms with van der Waals surface area (Å²) in [6, 6.07) is 13.1. The van der Waals surface area contributed by atoms with Crippen molar-refractivity contribution in [3.05, 3.63) is 65.2 Å². The summed E-state index contributed by atoms with van der Waals surface area (Å²) in [5.74, 6) is -1.21. The van der Waals surface area contributed by atoms with Crippen LogP contribution in [0.25, 0.3) is 0 Å². The van der Waals surface area contributed by atoms with Gasteiger partial charge in [-0.05, 0) is 68.2 Å². The fourth-order valence-electron chi connectivity index (χ4n) is 4.57. The molecule has 3 rings (SSSR count). The van der Waals surface area contributed by atoms with Gasteiger partial charge in [0.15, 0.2) is 0 Å². The van der Waals surface area contributed by atoms with Crippen molar-refractivity contribution in [3.63, 3.8) is 0 Å². The van der Waals surface area contributed by atoms with Gasteiger partial charge in [-0.1, -0.05) is 55.8 Å². The molecule has 0 aromatic heterocycles. The number of urea groups is 1. The third kappa shape index (κ3) is 7.07. The number of carbonyl (C=O) groups is 2. The van der Waals surface area contributed by atoms with Crippen LogP contribution in [0.3, 0.4) is 0 Å². The number of hydrogen-bond donors (Lipinski definition) is 3. The first kappa shape index (κ1) is 27.7. The van der Waals surface area contributed by atoms with E-state index in [0.717, 1.165) is 28.3 Å². The average molecular weight is 516 g/mol. The lowest BCUT2D eigenvalue weighted by Crippen LogP contribution is -2.46. The molecular weight excluding hydrogens is 478 g/mol. The number of carbonyl (C=O) groups excluding carboxylic acids is 1. The van der Waals surface area contributed by atoms with Crippen molar-refractivity contribution in [2.45, 2.75) is 69.9 Å². The molecule has 0 aliphatic heterocycles. The molecule has 9 heteroatoms. The minimum Gasteiger partial charge on any atom is -0.480 e. The lowest BCUT2D eigenvalue weighted by atomic mass is 10.1. The Morgan fingerprint density at radius 3 is 2.44 bits per heavy atom. The number of nitrogens with one attached hydrogen (secondary N) is 2. The first-order valence-corrected chi connectivity index (χ1v) is 14.0. The molecule has 2 amide bonds. The molecule has 36 heavy (non-hydrogen) atoms. The third-order valence-electron chi connectivity index (χ3n) is 6.43. The second-order valence-corrected chi connectivity index (χ2v) is 11.7. The maximum Gasteiger partial charge on any atom is 0.322 e. The Morgan fingerprint density at radius 2 is 1.78 bits per heavy atom. The molecule has 0 saturated heterocycles. The molecule has 8 nitrogen and oxygen atoms in total. The van der Waals surface area contributed by atoms with Gasteiger partial charge in [0.2, 0.25) is 10.0 Å². The number of hydrogen-bond acceptors (Lipinski definition) is 4. The Balaban J connectivity index is 1.55. The van der Waals surface area contributed by atoms with Crippen LogP contribution in [0.4, 0.5) is 4.79 Å². The molecule has 196 valence electrons. The Bertz CT molecular complexity index is 1150. The van der Waals surface area contributed by atoms with E-state index in [2.05, 4.69) is 16.7 Å². The molecule has 1 aliphatic rings. The van der Waals surface area contributed by atoms with E-state index in [1.165, 1.54) is 17.7 Å². The molecule has 0 saturated carbocycles. The highest BCUT2D eigenvalue weighted by atomic mass is 32.2. The van der Waals surface area contributed by atoms with E-state index in [4.69, 9.17) is 0 Å². The lowest BCUT2D eigenvalue weighted by Gasteiger charge is -2.29. The number of aryl methyl sites for hydroxylation is 2. The van der Waals surface area contributed by atoms with E-state index in [9.17, 15) is 23.1 Å². The summed E-state index contributed by atoms with van der Waals surface area (Å²) in [5.41, 5.74) is 3.33. The van der Waals surface area contributed by atoms with E-state index in [0.29, 0.717) is 19.4 Å². The maximum atomic E-state index is 13.4. The summed E-state index contributed by atoms with van der Waals surface area (Å²) in [4.78, 5) is 24.6. The number of benzene rings is 2. The number of amides is 2. The summed E-state index contributed by atoms with van der Waals surface area (Å²) >= 11 is 0. The number of fused-ring (bicyclic) bond motifs is 1. The monoisotopic (exact) mass is 515 g/mol. The highest BCUT2D eigenvalue weighted by Gasteiger charge is 2.36. The van der Waals surface area contributed by atoms with Crippen LogP contribution in [0.1, 0.15) is 62.3 Å². The minimum absolute atomic E-state index is 0.00540. The van der Waals surface area contributed by atoms with Gasteiger partial charge in [-0.3, -0.25) is 4.79 Å². The number of nitrogens with zero attached hydrogens (tertiary/aromatic N) is 1. The normalized spacial score (nSPS) is 16.1. The van der Waals surface area contributed by atoms with Crippen LogP contribution in [0.5, 0.6) is 0 Å². The van der Waals surface area contributed by atoms with Crippen LogP contribution in [0, 0.1) is 12.8 Å². The number of unbranched alkanes of at least 4 members (excludes halogenated alkanes) is 1. The first-order valence-electron chi connectivity index (χ1n) is 12.5. The second kappa shape index (κ2) is 12.4. The van der Waals surface area contributed by atoms with Crippen LogP contribution < -0.4 is 10.6 Å². The van der Waals surface area contributed by atoms with Gasteiger partial charge in [0.1, 0.15) is 6.04 Å². The predicted molar refractivity (Wildman–Crippen MR) is 139 cm³/mol. The zero-order chi connectivity index (χ0) is 26.3. The van der Waals surface area contributed by atoms with Gasteiger partial charge in [0, 0.05) is 13.1 Å². The van der Waals surface area contributed by atoms with Crippen LogP contribution in [-0.4, -0.2) is 49.0 Å². The summed E-state index contributed by atoms with van der Waals surface area (Å²) in [5, 5.41) is 15.7. The predicted octanol–water partition coefficient (Wildman–Crippen LogP) is 4.25. The van der Waals surface area contributed by atoms with Gasteiger partial charge < -0.3 is 15.7 Å². The van der Waals surface area contributed by atoms with Gasteiger partial charge in [-0.25, -0.2) is 13.2 Å². The van der Waals surface area contributed by atoms with Crippen molar-refractivity contribution < 1.29 is 23.1 Å². The standard InChI is InChI=1S/C27H37N3O5S/c1-19(2)18-30(36(34,35)22-14-11-20(3)12-15-22)25(26(31)32)10-6-7-17-28-27(33)29-24-16-13-21-8-4-5-9-23(21)24/h4-5,8-9,11-12,14-15,19,24-25H,6-7,10,13,16-18H2,1-3H3,(H,31,32)(H2,28,29,33). The zero-order valence-corrected chi connectivity index (χ0v) is 22.1. The van der Waals surface area contributed by atoms with Crippen molar-refractivity contribution in [1.82, 2.24) is 14.9 Å². The molecular formula is C27H37N3O5S. The number of rotatable bonds is 12. The van der Waals surface area contributed by atoms with Gasteiger partial charge in [0.05, 0.1) is 10.9 Å². The summed E-state index contributed by atoms with van der Waals surface area (Å²) in [6.45, 7) is 6.07. The Morgan fingerprint density at radius 1 is 1.08 bits per heavy atom. The van der Waals surface area contributed by atoms with E-state index < -0.39 is 22.0 Å². The van der Waals surface area contributed by atoms with Gasteiger partial charge in [-0.2, -0.15) is 4.31 Å². The first-order chi connectivity index (χ1) is 17.1. The van der Waals surface area contributed by atoms with Crippen molar-refractivity contribution >= 4 is 22.0 Å². The lowest BCUT2D eigenvalue weighted by molar-refractivity contribution is -0.141. The maximum absolute atomic E-state index is 13.4. The molecule has 0 fully saturated rings. The summed E-state index contributed by atoms with van der Waals surface area (Å²) in [7, 11) is -3.98. The van der Waals surface area contributed by atoms with E-state index >= 15 is 0 Å². The molecule has 0 radical (unpaired) electrons. The van der Waals surface area contributed by atoms with Crippen molar-refractivity contribution in [1.29, 1.82) is 0 Å². The molecule has 2 atom stereocenters. The summed E-state index contributed by atoms with van der Waals surface area (Å²) in [6.07, 6.45) is 2.97. The van der Waals surface area contributed by atoms with Crippen molar-refractivity contribution in [2.24, 2.45) is 5.92 Å². The number of sulfonamides is 1. The van der Waals surface area contributed by atoms with Crippen LogP contribution in [0.2, 0.25) is 0 Å². The topological polar surface area (TPSA) is 116 Å². The molecule has 1 aliphatic carbocycles. The number of carboxylic acids is 1. The second-order valence-electron chi connectivity index (χ2n) is 9.82. The summed E-state index contributed by atoms with van der Waals surface area (Å²) < 4.78 is 27.8. The highest BCUT2D eigenvalue weighted by Crippen LogP contribution is 2.30. The largest absolute Gasteiger partial charge is 0.480 e. The number of carboxylic acid groups (broad SMARTS) is 1. The zero-order valence-electron chi connectivity index (χ0n) is 21.2. The van der Waals surface area contributed by atoms with Crippen molar-refractivity contribution in [2.75, 3.05) is 13.1 Å². The van der Waals surface area contributed by atoms with Crippen LogP contribution >= 0.6 is 0 Å². The molecule has 0 heterocycles. The van der Waals surface area contributed by atoms with Crippen molar-refractivity contribution in [3.8, 4) is 0 Å². The molecule has 0 bridgehead atoms. The van der Waals surface area contributed by atoms with Crippen LogP contribution in [0.15, 0.2) is 53.4 Å². The van der Waals surface area contributed by atoms with E-state index in [-0.39, 0.29) is 35.9 Å². The Kier molecular flexibility index (Phi) is 9.50. The molecule has 3 N–H and O–H groups in total. The molecule has 2 aromatic rings. The quantitative estimate of drug-likeness (QED) is 0.366. The van der Waals surface area contributed by atoms with Gasteiger partial charge in [-0.15, -0.1) is 0 Å². The van der Waals surface area contributed by atoms with Gasteiger partial charge in [0.25, 0.3) is 0 Å². The van der Waals surface area contributed by atoms with E-state index in [1.54, 1.807) is 12.1 Å². The highest BCUT2D eigenvalue weighted by molar-refractivity contribution is 7.89. The molecule has 2 aromatic carbocycles. The number of aliphatic carboxylic acids is 1. The minimum atomic E-state index is -3.98. The Hall–Kier alpha value is -2.91. The van der Waals surface area contributed by atoms with E-state index in [1.807, 2.05) is 39.0 Å². The van der Waals surface area contributed by atoms with Gasteiger partial charge >= 0.3 is 12.0 Å². The SMILES string of the molecule is Cc1ccc(S(=O)(=O)N(CC(C)C)C(CCCCNC(=O)NC2CCc3ccccc32)C(=O)O)cc1.